The molecule has 0 atom stereocenters. The van der Waals surface area contributed by atoms with Crippen molar-refractivity contribution < 1.29 is 0 Å². The summed E-state index contributed by atoms with van der Waals surface area (Å²) in [6.45, 7) is 0. The summed E-state index contributed by atoms with van der Waals surface area (Å²) in [4.78, 5) is 8.43. The van der Waals surface area contributed by atoms with Gasteiger partial charge in [0.05, 0.1) is 11.4 Å². The normalized spacial score (nSPS) is 12.6. The zero-order valence-electron chi connectivity index (χ0n) is 21.3. The van der Waals surface area contributed by atoms with Crippen molar-refractivity contribution in [3.8, 4) is 22.3 Å². The molecule has 0 spiro atoms. The minimum atomic E-state index is 0.205. The maximum absolute atomic E-state index is 8.54. The molecular formula is C34H27N5. The van der Waals surface area contributed by atoms with E-state index in [9.17, 15) is 0 Å². The van der Waals surface area contributed by atoms with E-state index < -0.39 is 0 Å². The fraction of sp³-hybridized carbons (Fsp3) is 0. The number of nitrogens with two attached hydrogens (primary N) is 1. The lowest BCUT2D eigenvalue weighted by atomic mass is 9.87. The number of nitrogens with one attached hydrogen (secondary N) is 2. The topological polar surface area (TPSA) is 99.5 Å². The van der Waals surface area contributed by atoms with Gasteiger partial charge < -0.3 is 5.73 Å². The van der Waals surface area contributed by atoms with Gasteiger partial charge in [0.2, 0.25) is 0 Å². The summed E-state index contributed by atoms with van der Waals surface area (Å²) in [5, 5.41) is 17.0. The van der Waals surface area contributed by atoms with Gasteiger partial charge in [0.1, 0.15) is 0 Å². The Hall–Kier alpha value is -5.42. The zero-order chi connectivity index (χ0) is 27.0. The number of allylic oxidation sites excluding steroid dienone is 4. The molecule has 0 aliphatic heterocycles. The number of para-hydroxylation sites is 1. The highest BCUT2D eigenvalue weighted by molar-refractivity contribution is 6.61. The van der Waals surface area contributed by atoms with Crippen molar-refractivity contribution >= 4 is 28.3 Å². The molecule has 0 fully saturated rings. The lowest BCUT2D eigenvalue weighted by Crippen LogP contribution is -2.15. The van der Waals surface area contributed by atoms with E-state index in [1.54, 1.807) is 18.5 Å². The number of anilines is 1. The number of pyridine rings is 2. The highest BCUT2D eigenvalue weighted by atomic mass is 14.6. The molecule has 0 amide bonds. The highest BCUT2D eigenvalue weighted by Crippen LogP contribution is 2.32. The van der Waals surface area contributed by atoms with Crippen molar-refractivity contribution in [2.45, 2.75) is 0 Å². The molecule has 5 heteroatoms. The second kappa shape index (κ2) is 11.8. The fourth-order valence-corrected chi connectivity index (χ4v) is 4.30. The summed E-state index contributed by atoms with van der Waals surface area (Å²) in [5.74, 6) is 0. The van der Waals surface area contributed by atoms with E-state index in [1.165, 1.54) is 0 Å². The van der Waals surface area contributed by atoms with Crippen LogP contribution in [0.2, 0.25) is 0 Å². The Morgan fingerprint density at radius 2 is 1.05 bits per heavy atom. The standard InChI is InChI=1S/C28H20N4.C6H7N/c29-27-16-25(21-7-1-5-19(13-21)23-9-3-11-31-17-23)15-26(28(27)30)22-8-2-6-20(14-22)24-10-4-12-32-18-24;7-6-4-2-1-3-5-6/h1-18,29-30H;1-5H,7H2. The van der Waals surface area contributed by atoms with Gasteiger partial charge in [-0.25, -0.2) is 0 Å². The van der Waals surface area contributed by atoms with Crippen molar-refractivity contribution in [2.24, 2.45) is 0 Å². The predicted octanol–water partition coefficient (Wildman–Crippen LogP) is 7.60. The molecule has 2 heterocycles. The van der Waals surface area contributed by atoms with Gasteiger partial charge in [-0.2, -0.15) is 0 Å². The van der Waals surface area contributed by atoms with Crippen LogP contribution in [0.15, 0.2) is 140 Å². The summed E-state index contributed by atoms with van der Waals surface area (Å²) < 4.78 is 0. The monoisotopic (exact) mass is 505 g/mol. The molecular weight excluding hydrogens is 478 g/mol. The number of nitrogens with zero attached hydrogens (tertiary/aromatic N) is 2. The van der Waals surface area contributed by atoms with Gasteiger partial charge in [-0.15, -0.1) is 0 Å². The molecule has 0 radical (unpaired) electrons. The molecule has 0 saturated heterocycles. The van der Waals surface area contributed by atoms with E-state index in [2.05, 4.69) is 28.2 Å². The van der Waals surface area contributed by atoms with Gasteiger partial charge in [0.15, 0.2) is 0 Å². The molecule has 39 heavy (non-hydrogen) atoms. The first-order valence-electron chi connectivity index (χ1n) is 12.5. The molecule has 4 N–H and O–H groups in total. The van der Waals surface area contributed by atoms with Crippen molar-refractivity contribution in [3.63, 3.8) is 0 Å². The SMILES string of the molecule is N=C1C=C(c2cccc(-c3cccnc3)c2)C=C(c2cccc(-c3cccnc3)c2)C1=N.Nc1ccccc1. The highest BCUT2D eigenvalue weighted by Gasteiger charge is 2.19. The van der Waals surface area contributed by atoms with Crippen LogP contribution in [0, 0.1) is 10.8 Å². The second-order valence-corrected chi connectivity index (χ2v) is 9.00. The van der Waals surface area contributed by atoms with Gasteiger partial charge in [-0.05, 0) is 76.4 Å². The van der Waals surface area contributed by atoms with E-state index in [0.29, 0.717) is 0 Å². The Kier molecular flexibility index (Phi) is 7.61. The largest absolute Gasteiger partial charge is 0.399 e. The van der Waals surface area contributed by atoms with E-state index in [-0.39, 0.29) is 11.4 Å². The first kappa shape index (κ1) is 25.2. The minimum absolute atomic E-state index is 0.205. The van der Waals surface area contributed by atoms with Crippen LogP contribution in [0.5, 0.6) is 0 Å². The van der Waals surface area contributed by atoms with Crippen LogP contribution in [0.25, 0.3) is 33.4 Å². The Labute approximate surface area is 228 Å². The van der Waals surface area contributed by atoms with Crippen LogP contribution in [0.1, 0.15) is 11.1 Å². The third-order valence-corrected chi connectivity index (χ3v) is 6.30. The van der Waals surface area contributed by atoms with Crippen LogP contribution in [-0.2, 0) is 0 Å². The molecule has 0 unspecified atom stereocenters. The predicted molar refractivity (Wildman–Crippen MR) is 162 cm³/mol. The molecule has 2 aromatic heterocycles. The first-order chi connectivity index (χ1) is 19.1. The number of hydrogen-bond donors (Lipinski definition) is 3. The third-order valence-electron chi connectivity index (χ3n) is 6.30. The Balaban J connectivity index is 0.000000384. The van der Waals surface area contributed by atoms with Crippen LogP contribution in [0.4, 0.5) is 5.69 Å². The number of aromatic nitrogens is 2. The van der Waals surface area contributed by atoms with Crippen molar-refractivity contribution in [1.29, 1.82) is 10.8 Å². The molecule has 1 aliphatic rings. The summed E-state index contributed by atoms with van der Waals surface area (Å²) >= 11 is 0. The average molecular weight is 506 g/mol. The number of benzene rings is 3. The first-order valence-corrected chi connectivity index (χ1v) is 12.5. The van der Waals surface area contributed by atoms with Crippen molar-refractivity contribution in [3.05, 3.63) is 151 Å². The Morgan fingerprint density at radius 1 is 0.513 bits per heavy atom. The molecule has 0 saturated carbocycles. The van der Waals surface area contributed by atoms with Gasteiger partial charge in [0.25, 0.3) is 0 Å². The van der Waals surface area contributed by atoms with Crippen molar-refractivity contribution in [2.75, 3.05) is 5.73 Å². The fourth-order valence-electron chi connectivity index (χ4n) is 4.30. The van der Waals surface area contributed by atoms with E-state index >= 15 is 0 Å². The second-order valence-electron chi connectivity index (χ2n) is 9.00. The lowest BCUT2D eigenvalue weighted by Gasteiger charge is -2.18. The molecule has 0 bridgehead atoms. The van der Waals surface area contributed by atoms with Gasteiger partial charge in [0, 0.05) is 47.2 Å². The minimum Gasteiger partial charge on any atom is -0.399 e. The average Bonchev–Trinajstić information content (AvgIpc) is 3.00. The summed E-state index contributed by atoms with van der Waals surface area (Å²) in [5.41, 5.74) is 14.3. The number of hydrogen-bond acceptors (Lipinski definition) is 5. The van der Waals surface area contributed by atoms with Crippen LogP contribution >= 0.6 is 0 Å². The van der Waals surface area contributed by atoms with E-state index in [0.717, 1.165) is 50.2 Å². The molecule has 6 rings (SSSR count). The molecule has 5 nitrogen and oxygen atoms in total. The smallest absolute Gasteiger partial charge is 0.0867 e. The van der Waals surface area contributed by atoms with Crippen molar-refractivity contribution in [1.82, 2.24) is 9.97 Å². The molecule has 5 aromatic rings. The maximum atomic E-state index is 8.54. The molecule has 1 aliphatic carbocycles. The lowest BCUT2D eigenvalue weighted by molar-refractivity contribution is 1.33. The molecule has 188 valence electrons. The number of rotatable bonds is 4. The summed E-state index contributed by atoms with van der Waals surface area (Å²) in [7, 11) is 0. The van der Waals surface area contributed by atoms with Crippen LogP contribution in [-0.4, -0.2) is 21.4 Å². The molecule has 3 aromatic carbocycles. The van der Waals surface area contributed by atoms with Gasteiger partial charge in [-0.3, -0.25) is 20.8 Å². The summed E-state index contributed by atoms with van der Waals surface area (Å²) in [6, 6.07) is 33.6. The Morgan fingerprint density at radius 3 is 1.59 bits per heavy atom. The third kappa shape index (κ3) is 6.12. The Bertz CT molecular complexity index is 1670. The van der Waals surface area contributed by atoms with Gasteiger partial charge >= 0.3 is 0 Å². The van der Waals surface area contributed by atoms with Crippen LogP contribution in [0.3, 0.4) is 0 Å². The van der Waals surface area contributed by atoms with E-state index in [4.69, 9.17) is 16.6 Å². The van der Waals surface area contributed by atoms with E-state index in [1.807, 2.05) is 103 Å². The quantitative estimate of drug-likeness (QED) is 0.173. The zero-order valence-corrected chi connectivity index (χ0v) is 21.3. The van der Waals surface area contributed by atoms with Gasteiger partial charge in [-0.1, -0.05) is 66.7 Å². The number of nitrogen functional groups attached to an aromatic ring is 1. The summed E-state index contributed by atoms with van der Waals surface area (Å²) in [6.07, 6.45) is 11.0. The maximum Gasteiger partial charge on any atom is 0.0867 e. The van der Waals surface area contributed by atoms with Crippen LogP contribution < -0.4 is 5.73 Å².